The topological polar surface area (TPSA) is 129 Å². The second-order valence-corrected chi connectivity index (χ2v) is 7.03. The van der Waals surface area contributed by atoms with Crippen LogP contribution in [-0.4, -0.2) is 14.8 Å². The molecule has 0 fully saturated rings. The summed E-state index contributed by atoms with van der Waals surface area (Å²) in [5.41, 5.74) is -0.105. The molecule has 3 N–H and O–H groups in total. The van der Waals surface area contributed by atoms with Gasteiger partial charge in [0.1, 0.15) is 17.1 Å². The molecule has 0 aliphatic carbocycles. The van der Waals surface area contributed by atoms with Gasteiger partial charge in [0.25, 0.3) is 0 Å². The van der Waals surface area contributed by atoms with E-state index in [-0.39, 0.29) is 28.2 Å². The first-order valence-corrected chi connectivity index (χ1v) is 9.11. The first-order chi connectivity index (χ1) is 12.4. The summed E-state index contributed by atoms with van der Waals surface area (Å²) in [6.07, 6.45) is 0.363. The summed E-state index contributed by atoms with van der Waals surface area (Å²) in [6, 6.07) is 12.5. The van der Waals surface area contributed by atoms with Crippen molar-refractivity contribution >= 4 is 33.3 Å². The van der Waals surface area contributed by atoms with E-state index >= 15 is 0 Å². The molecule has 26 heavy (non-hydrogen) atoms. The van der Waals surface area contributed by atoms with Crippen molar-refractivity contribution < 1.29 is 22.4 Å². The number of primary sulfonamides is 1. The molecule has 1 aromatic heterocycles. The van der Waals surface area contributed by atoms with Crippen molar-refractivity contribution in [3.63, 3.8) is 0 Å². The number of carbonyl (C=O) groups is 1. The average molecular weight is 374 g/mol. The van der Waals surface area contributed by atoms with Crippen molar-refractivity contribution in [3.8, 4) is 11.5 Å². The maximum Gasteiger partial charge on any atom is 0.213 e. The highest BCUT2D eigenvalue weighted by Crippen LogP contribution is 2.31. The van der Waals surface area contributed by atoms with Gasteiger partial charge in [-0.15, -0.1) is 0 Å². The second kappa shape index (κ2) is 6.98. The Labute approximate surface area is 148 Å². The van der Waals surface area contributed by atoms with Gasteiger partial charge in [0.05, 0.1) is 11.1 Å². The smallest absolute Gasteiger partial charge is 0.213 e. The Kier molecular flexibility index (Phi) is 4.74. The number of para-hydroxylation sites is 1. The van der Waals surface area contributed by atoms with Crippen LogP contribution in [-0.2, 0) is 20.6 Å². The lowest BCUT2D eigenvalue weighted by molar-refractivity contribution is -0.105. The van der Waals surface area contributed by atoms with E-state index in [0.717, 1.165) is 6.07 Å². The highest BCUT2D eigenvalue weighted by Gasteiger charge is 2.16. The number of carbonyl (C=O) groups excluding carboxylic acids is 1. The van der Waals surface area contributed by atoms with Crippen molar-refractivity contribution in [2.45, 2.75) is 5.75 Å². The van der Waals surface area contributed by atoms with E-state index in [4.69, 9.17) is 14.3 Å². The molecule has 2 aromatic carbocycles. The quantitative estimate of drug-likeness (QED) is 0.635. The van der Waals surface area contributed by atoms with E-state index in [1.807, 2.05) is 0 Å². The van der Waals surface area contributed by atoms with Gasteiger partial charge in [0.2, 0.25) is 22.3 Å². The van der Waals surface area contributed by atoms with Crippen LogP contribution in [0.5, 0.6) is 11.5 Å². The number of rotatable bonds is 6. The van der Waals surface area contributed by atoms with Crippen LogP contribution in [0.4, 0.5) is 5.88 Å². The molecule has 134 valence electrons. The van der Waals surface area contributed by atoms with Crippen LogP contribution in [0.15, 0.2) is 57.7 Å². The van der Waals surface area contributed by atoms with E-state index in [1.54, 1.807) is 30.3 Å². The molecule has 0 spiro atoms. The van der Waals surface area contributed by atoms with Crippen LogP contribution in [0.1, 0.15) is 5.56 Å². The standard InChI is InChI=1S/C17H14N2O6S/c18-26(22,23)9-11-6-16-13(14(21)8-17(25-16)19-10-20)7-15(11)24-12-4-2-1-3-5-12/h1-8,10H,9H2,(H,19,20)(H2,18,22,23). The highest BCUT2D eigenvalue weighted by molar-refractivity contribution is 7.88. The van der Waals surface area contributed by atoms with Crippen molar-refractivity contribution in [1.29, 1.82) is 0 Å². The van der Waals surface area contributed by atoms with Gasteiger partial charge in [0, 0.05) is 11.6 Å². The van der Waals surface area contributed by atoms with Gasteiger partial charge in [-0.1, -0.05) is 18.2 Å². The number of sulfonamides is 1. The Morgan fingerprint density at radius 1 is 1.15 bits per heavy atom. The Bertz CT molecular complexity index is 1120. The maximum atomic E-state index is 12.3. The Morgan fingerprint density at radius 3 is 2.54 bits per heavy atom. The average Bonchev–Trinajstić information content (AvgIpc) is 2.56. The van der Waals surface area contributed by atoms with Crippen LogP contribution in [0, 0.1) is 0 Å². The third-order valence-electron chi connectivity index (χ3n) is 3.44. The molecule has 3 aromatic rings. The summed E-state index contributed by atoms with van der Waals surface area (Å²) in [4.78, 5) is 22.8. The van der Waals surface area contributed by atoms with Crippen molar-refractivity contribution in [2.24, 2.45) is 5.14 Å². The number of amides is 1. The van der Waals surface area contributed by atoms with E-state index in [2.05, 4.69) is 5.32 Å². The number of nitrogens with two attached hydrogens (primary N) is 1. The normalized spacial score (nSPS) is 11.3. The van der Waals surface area contributed by atoms with E-state index in [9.17, 15) is 18.0 Å². The third-order valence-corrected chi connectivity index (χ3v) is 4.15. The van der Waals surface area contributed by atoms with Gasteiger partial charge < -0.3 is 9.15 Å². The molecule has 8 nitrogen and oxygen atoms in total. The van der Waals surface area contributed by atoms with Gasteiger partial charge in [-0.05, 0) is 24.3 Å². The van der Waals surface area contributed by atoms with Crippen molar-refractivity contribution in [2.75, 3.05) is 5.32 Å². The van der Waals surface area contributed by atoms with Crippen LogP contribution in [0.25, 0.3) is 11.0 Å². The fraction of sp³-hybridized carbons (Fsp3) is 0.0588. The molecule has 0 bridgehead atoms. The zero-order valence-corrected chi connectivity index (χ0v) is 14.2. The molecule has 1 heterocycles. The molecule has 9 heteroatoms. The summed E-state index contributed by atoms with van der Waals surface area (Å²) < 4.78 is 34.2. The second-order valence-electron chi connectivity index (χ2n) is 5.42. The lowest BCUT2D eigenvalue weighted by Crippen LogP contribution is -2.15. The van der Waals surface area contributed by atoms with E-state index in [1.165, 1.54) is 12.1 Å². The zero-order chi connectivity index (χ0) is 18.7. The zero-order valence-electron chi connectivity index (χ0n) is 13.3. The van der Waals surface area contributed by atoms with Gasteiger partial charge in [0.15, 0.2) is 5.43 Å². The van der Waals surface area contributed by atoms with Gasteiger partial charge in [-0.25, -0.2) is 13.6 Å². The lowest BCUT2D eigenvalue weighted by atomic mass is 10.1. The number of fused-ring (bicyclic) bond motifs is 1. The molecule has 0 atom stereocenters. The SMILES string of the molecule is NS(=O)(=O)Cc1cc2oc(NC=O)cc(=O)c2cc1Oc1ccccc1. The van der Waals surface area contributed by atoms with Gasteiger partial charge in [-0.3, -0.25) is 14.9 Å². The highest BCUT2D eigenvalue weighted by atomic mass is 32.2. The number of ether oxygens (including phenoxy) is 1. The number of hydrogen-bond acceptors (Lipinski definition) is 6. The molecule has 1 amide bonds. The molecular weight excluding hydrogens is 360 g/mol. The van der Waals surface area contributed by atoms with Crippen molar-refractivity contribution in [1.82, 2.24) is 0 Å². The van der Waals surface area contributed by atoms with Crippen molar-refractivity contribution in [3.05, 3.63) is 64.3 Å². The van der Waals surface area contributed by atoms with Crippen LogP contribution in [0.2, 0.25) is 0 Å². The Balaban J connectivity index is 2.18. The third kappa shape index (κ3) is 4.08. The predicted molar refractivity (Wildman–Crippen MR) is 95.5 cm³/mol. The van der Waals surface area contributed by atoms with E-state index in [0.29, 0.717) is 12.2 Å². The molecule has 0 unspecified atom stereocenters. The summed E-state index contributed by atoms with van der Waals surface area (Å²) >= 11 is 0. The lowest BCUT2D eigenvalue weighted by Gasteiger charge is -2.12. The largest absolute Gasteiger partial charge is 0.457 e. The minimum absolute atomic E-state index is 0.0595. The molecule has 0 saturated carbocycles. The molecule has 0 radical (unpaired) electrons. The van der Waals surface area contributed by atoms with E-state index < -0.39 is 21.2 Å². The van der Waals surface area contributed by atoms with Crippen LogP contribution in [0.3, 0.4) is 0 Å². The number of anilines is 1. The Morgan fingerprint density at radius 2 is 1.88 bits per heavy atom. The Hall–Kier alpha value is -3.17. The molecular formula is C17H14N2O6S. The summed E-state index contributed by atoms with van der Waals surface area (Å²) in [7, 11) is -3.86. The monoisotopic (exact) mass is 374 g/mol. The van der Waals surface area contributed by atoms with Crippen LogP contribution >= 0.6 is 0 Å². The fourth-order valence-electron chi connectivity index (χ4n) is 2.39. The first kappa shape index (κ1) is 17.6. The van der Waals surface area contributed by atoms with Gasteiger partial charge in [-0.2, -0.15) is 0 Å². The summed E-state index contributed by atoms with van der Waals surface area (Å²) in [5, 5.41) is 7.56. The molecule has 3 rings (SSSR count). The first-order valence-electron chi connectivity index (χ1n) is 7.40. The minimum atomic E-state index is -3.86. The number of hydrogen-bond donors (Lipinski definition) is 2. The summed E-state index contributed by atoms with van der Waals surface area (Å²) in [6.45, 7) is 0. The molecule has 0 aliphatic heterocycles. The summed E-state index contributed by atoms with van der Waals surface area (Å²) in [5.74, 6) is 0.0585. The fourth-order valence-corrected chi connectivity index (χ4v) is 3.05. The maximum absolute atomic E-state index is 12.3. The number of nitrogens with one attached hydrogen (secondary N) is 1. The molecule has 0 saturated heterocycles. The van der Waals surface area contributed by atoms with Gasteiger partial charge >= 0.3 is 0 Å². The predicted octanol–water partition coefficient (Wildman–Crippen LogP) is 1.94. The number of benzene rings is 2. The minimum Gasteiger partial charge on any atom is -0.457 e. The van der Waals surface area contributed by atoms with Crippen LogP contribution < -0.4 is 20.6 Å². The molecule has 0 aliphatic rings.